The summed E-state index contributed by atoms with van der Waals surface area (Å²) < 4.78 is 16.0. The van der Waals surface area contributed by atoms with Crippen molar-refractivity contribution in [3.05, 3.63) is 122 Å². The first-order valence-corrected chi connectivity index (χ1v) is 10.2. The Morgan fingerprint density at radius 2 is 1.82 bits per heavy atom. The Morgan fingerprint density at radius 3 is 2.55 bits per heavy atom. The number of para-hydroxylation sites is 1. The quantitative estimate of drug-likeness (QED) is 0.472. The normalized spacial score (nSPS) is 10.7. The van der Waals surface area contributed by atoms with Crippen molar-refractivity contribution in [3.63, 3.8) is 0 Å². The van der Waals surface area contributed by atoms with Crippen LogP contribution in [-0.4, -0.2) is 25.2 Å². The van der Waals surface area contributed by atoms with Crippen LogP contribution in [0.25, 0.3) is 5.69 Å². The summed E-state index contributed by atoms with van der Waals surface area (Å²) in [4.78, 5) is 43.0. The molecule has 10 heteroatoms. The number of carbonyl (C=O) groups is 1. The van der Waals surface area contributed by atoms with Gasteiger partial charge in [0, 0.05) is 24.0 Å². The van der Waals surface area contributed by atoms with Crippen LogP contribution in [0.1, 0.15) is 21.6 Å². The Hall–Kier alpha value is -4.11. The highest BCUT2D eigenvalue weighted by Crippen LogP contribution is 2.12. The molecular weight excluding hydrogens is 449 g/mol. The van der Waals surface area contributed by atoms with Crippen molar-refractivity contribution in [2.24, 2.45) is 0 Å². The highest BCUT2D eigenvalue weighted by atomic mass is 35.5. The van der Waals surface area contributed by atoms with E-state index in [1.807, 2.05) is 0 Å². The maximum atomic E-state index is 14.5. The molecule has 0 aliphatic rings. The van der Waals surface area contributed by atoms with Crippen LogP contribution in [0.4, 0.5) is 4.39 Å². The van der Waals surface area contributed by atoms with Gasteiger partial charge in [-0.3, -0.25) is 19.1 Å². The van der Waals surface area contributed by atoms with E-state index in [1.165, 1.54) is 18.2 Å². The zero-order valence-corrected chi connectivity index (χ0v) is 17.9. The maximum Gasteiger partial charge on any atom is 0.352 e. The van der Waals surface area contributed by atoms with Gasteiger partial charge in [-0.2, -0.15) is 9.78 Å². The molecule has 166 valence electrons. The summed E-state index contributed by atoms with van der Waals surface area (Å²) in [5.41, 5.74) is -1.29. The molecule has 4 aromatic rings. The van der Waals surface area contributed by atoms with Crippen molar-refractivity contribution in [2.75, 3.05) is 0 Å². The van der Waals surface area contributed by atoms with E-state index in [0.717, 1.165) is 10.6 Å². The van der Waals surface area contributed by atoms with Crippen LogP contribution >= 0.6 is 11.6 Å². The van der Waals surface area contributed by atoms with Gasteiger partial charge in [0.25, 0.3) is 11.5 Å². The van der Waals surface area contributed by atoms with E-state index in [1.54, 1.807) is 48.8 Å². The van der Waals surface area contributed by atoms with E-state index >= 15 is 0 Å². The number of hydrogen-bond donors (Lipinski definition) is 1. The number of pyridine rings is 1. The summed E-state index contributed by atoms with van der Waals surface area (Å²) in [6.45, 7) is -0.0982. The average Bonchev–Trinajstić information content (AvgIpc) is 2.82. The average molecular weight is 466 g/mol. The molecule has 0 aliphatic heterocycles. The number of amides is 1. The summed E-state index contributed by atoms with van der Waals surface area (Å²) >= 11 is 6.02. The minimum atomic E-state index is -0.906. The van der Waals surface area contributed by atoms with Gasteiger partial charge in [0.2, 0.25) is 5.69 Å². The second-order valence-corrected chi connectivity index (χ2v) is 7.50. The molecule has 1 N–H and O–H groups in total. The third kappa shape index (κ3) is 4.88. The third-order valence-electron chi connectivity index (χ3n) is 4.76. The number of nitrogens with one attached hydrogen (secondary N) is 1. The highest BCUT2D eigenvalue weighted by molar-refractivity contribution is 6.30. The maximum absolute atomic E-state index is 14.5. The lowest BCUT2D eigenvalue weighted by atomic mass is 10.2. The summed E-state index contributed by atoms with van der Waals surface area (Å²) in [7, 11) is 0. The molecule has 0 spiro atoms. The van der Waals surface area contributed by atoms with E-state index in [2.05, 4.69) is 15.4 Å². The number of carbonyl (C=O) groups excluding carboxylic acids is 1. The van der Waals surface area contributed by atoms with Crippen LogP contribution in [0.3, 0.4) is 0 Å². The fraction of sp³-hybridized carbons (Fsp3) is 0.0870. The van der Waals surface area contributed by atoms with Gasteiger partial charge in [0.05, 0.1) is 6.54 Å². The lowest BCUT2D eigenvalue weighted by molar-refractivity contribution is 0.0941. The molecule has 2 aromatic heterocycles. The zero-order valence-electron chi connectivity index (χ0n) is 17.1. The van der Waals surface area contributed by atoms with Gasteiger partial charge in [-0.25, -0.2) is 9.18 Å². The number of halogens is 2. The Labute approximate surface area is 191 Å². The minimum Gasteiger partial charge on any atom is -0.346 e. The largest absolute Gasteiger partial charge is 0.352 e. The first-order valence-electron chi connectivity index (χ1n) is 9.84. The van der Waals surface area contributed by atoms with Crippen molar-refractivity contribution in [3.8, 4) is 5.69 Å². The molecule has 0 saturated heterocycles. The molecule has 4 rings (SSSR count). The molecular formula is C23H17ClFN5O3. The van der Waals surface area contributed by atoms with Crippen LogP contribution < -0.4 is 16.6 Å². The lowest BCUT2D eigenvalue weighted by Crippen LogP contribution is -2.46. The minimum absolute atomic E-state index is 0.0842. The number of hydrogen-bond acceptors (Lipinski definition) is 5. The molecule has 0 atom stereocenters. The van der Waals surface area contributed by atoms with Gasteiger partial charge < -0.3 is 5.32 Å². The molecule has 0 unspecified atom stereocenters. The third-order valence-corrected chi connectivity index (χ3v) is 5.00. The second kappa shape index (κ2) is 9.58. The summed E-state index contributed by atoms with van der Waals surface area (Å²) in [6, 6.07) is 15.5. The Balaban J connectivity index is 1.81. The molecule has 0 aliphatic carbocycles. The summed E-state index contributed by atoms with van der Waals surface area (Å²) in [5.74, 6) is -1.55. The fourth-order valence-electron chi connectivity index (χ4n) is 3.16. The van der Waals surface area contributed by atoms with Gasteiger partial charge in [-0.15, -0.1) is 0 Å². The van der Waals surface area contributed by atoms with Gasteiger partial charge in [-0.05, 0) is 41.5 Å². The van der Waals surface area contributed by atoms with Gasteiger partial charge in [-0.1, -0.05) is 41.9 Å². The monoisotopic (exact) mass is 465 g/mol. The molecule has 2 aromatic carbocycles. The molecule has 0 saturated carbocycles. The molecule has 0 fully saturated rings. The van der Waals surface area contributed by atoms with Gasteiger partial charge in [0.15, 0.2) is 0 Å². The first kappa shape index (κ1) is 22.1. The highest BCUT2D eigenvalue weighted by Gasteiger charge is 2.21. The van der Waals surface area contributed by atoms with Crippen LogP contribution in [0, 0.1) is 5.82 Å². The van der Waals surface area contributed by atoms with Crippen molar-refractivity contribution in [1.82, 2.24) is 24.6 Å². The van der Waals surface area contributed by atoms with E-state index < -0.39 is 28.7 Å². The number of benzene rings is 2. The predicted octanol–water partition coefficient (Wildman–Crippen LogP) is 2.56. The van der Waals surface area contributed by atoms with Gasteiger partial charge >= 0.3 is 5.69 Å². The fourth-order valence-corrected chi connectivity index (χ4v) is 3.38. The molecule has 1 amide bonds. The van der Waals surface area contributed by atoms with Crippen molar-refractivity contribution in [2.45, 2.75) is 13.1 Å². The number of nitrogens with zero attached hydrogens (tertiary/aromatic N) is 4. The Morgan fingerprint density at radius 1 is 1.03 bits per heavy atom. The Bertz CT molecular complexity index is 1440. The summed E-state index contributed by atoms with van der Waals surface area (Å²) in [5, 5.41) is 6.91. The van der Waals surface area contributed by atoms with Crippen LogP contribution in [0.15, 0.2) is 82.6 Å². The number of rotatable bonds is 6. The van der Waals surface area contributed by atoms with E-state index in [4.69, 9.17) is 11.6 Å². The van der Waals surface area contributed by atoms with Crippen molar-refractivity contribution >= 4 is 17.5 Å². The molecule has 8 nitrogen and oxygen atoms in total. The van der Waals surface area contributed by atoms with E-state index in [0.29, 0.717) is 20.8 Å². The lowest BCUT2D eigenvalue weighted by Gasteiger charge is -2.13. The van der Waals surface area contributed by atoms with Crippen molar-refractivity contribution in [1.29, 1.82) is 0 Å². The molecule has 0 bridgehead atoms. The standard InChI is InChI=1S/C23H17ClFN5O3/c24-17-7-3-5-15(11-17)14-29-22(32)20(21(31)27-13-16-6-4-10-26-12-16)28-30(23(29)33)19-9-2-1-8-18(19)25/h1-12H,13-14H2,(H,27,31). The topological polar surface area (TPSA) is 98.9 Å². The van der Waals surface area contributed by atoms with Crippen LogP contribution in [-0.2, 0) is 13.1 Å². The van der Waals surface area contributed by atoms with Crippen LogP contribution in [0.5, 0.6) is 0 Å². The first-order chi connectivity index (χ1) is 15.9. The second-order valence-electron chi connectivity index (χ2n) is 7.06. The molecule has 2 heterocycles. The van der Waals surface area contributed by atoms with Crippen LogP contribution in [0.2, 0.25) is 5.02 Å². The smallest absolute Gasteiger partial charge is 0.346 e. The Kier molecular flexibility index (Phi) is 6.41. The van der Waals surface area contributed by atoms with Gasteiger partial charge in [0.1, 0.15) is 11.5 Å². The molecule has 0 radical (unpaired) electrons. The van der Waals surface area contributed by atoms with E-state index in [9.17, 15) is 18.8 Å². The zero-order chi connectivity index (χ0) is 23.4. The predicted molar refractivity (Wildman–Crippen MR) is 120 cm³/mol. The summed E-state index contributed by atoms with van der Waals surface area (Å²) in [6.07, 6.45) is 3.15. The van der Waals surface area contributed by atoms with E-state index in [-0.39, 0.29) is 18.8 Å². The SMILES string of the molecule is O=C(NCc1cccnc1)c1nn(-c2ccccc2F)c(=O)n(Cc2cccc(Cl)c2)c1=O. The number of aromatic nitrogens is 4. The van der Waals surface area contributed by atoms with Crippen molar-refractivity contribution < 1.29 is 9.18 Å². The molecule has 33 heavy (non-hydrogen) atoms.